The predicted octanol–water partition coefficient (Wildman–Crippen LogP) is 3.55. The largest absolute Gasteiger partial charge is 0.221 e. The number of hydrogen-bond acceptors (Lipinski definition) is 3. The molecule has 0 fully saturated rings. The summed E-state index contributed by atoms with van der Waals surface area (Å²) in [4.78, 5) is 4.65. The molecule has 0 aromatic rings. The van der Waals surface area contributed by atoms with Crippen molar-refractivity contribution in [3.8, 4) is 0 Å². The molecule has 0 heterocycles. The lowest BCUT2D eigenvalue weighted by molar-refractivity contribution is -0.506. The minimum atomic E-state index is 0.0478. The van der Waals surface area contributed by atoms with Crippen molar-refractivity contribution in [3.63, 3.8) is 0 Å². The van der Waals surface area contributed by atoms with Gasteiger partial charge < -0.3 is 0 Å². The van der Waals surface area contributed by atoms with Gasteiger partial charge in [-0.3, -0.25) is 0 Å². The highest BCUT2D eigenvalue weighted by Crippen LogP contribution is 2.11. The molecule has 3 heteroatoms. The zero-order valence-corrected chi connectivity index (χ0v) is 8.79. The van der Waals surface area contributed by atoms with Gasteiger partial charge in [0.25, 0.3) is 0 Å². The SMILES string of the molecule is CCCCCCCC(CC)OOO. The van der Waals surface area contributed by atoms with Crippen LogP contribution in [0.5, 0.6) is 0 Å². The molecule has 0 saturated heterocycles. The van der Waals surface area contributed by atoms with E-state index in [9.17, 15) is 0 Å². The Morgan fingerprint density at radius 3 is 2.31 bits per heavy atom. The lowest BCUT2D eigenvalue weighted by Gasteiger charge is -2.10. The molecule has 1 N–H and O–H groups in total. The van der Waals surface area contributed by atoms with Gasteiger partial charge in [0.05, 0.1) is 6.10 Å². The van der Waals surface area contributed by atoms with E-state index < -0.39 is 0 Å². The Balaban J connectivity index is 3.17. The molecule has 0 aromatic heterocycles. The maximum absolute atomic E-state index is 8.09. The van der Waals surface area contributed by atoms with Crippen molar-refractivity contribution >= 4 is 0 Å². The third-order valence-corrected chi connectivity index (χ3v) is 2.26. The van der Waals surface area contributed by atoms with E-state index >= 15 is 0 Å². The predicted molar refractivity (Wildman–Crippen MR) is 52.3 cm³/mol. The average molecular weight is 190 g/mol. The Morgan fingerprint density at radius 1 is 1.08 bits per heavy atom. The number of rotatable bonds is 9. The molecule has 3 nitrogen and oxygen atoms in total. The first-order valence-electron chi connectivity index (χ1n) is 5.32. The van der Waals surface area contributed by atoms with Gasteiger partial charge in [-0.2, -0.15) is 0 Å². The Labute approximate surface area is 80.9 Å². The maximum atomic E-state index is 8.09. The van der Waals surface area contributed by atoms with Crippen LogP contribution >= 0.6 is 0 Å². The van der Waals surface area contributed by atoms with Gasteiger partial charge in [0.1, 0.15) is 0 Å². The topological polar surface area (TPSA) is 38.7 Å². The molecule has 80 valence electrons. The van der Waals surface area contributed by atoms with Gasteiger partial charge in [0.2, 0.25) is 0 Å². The monoisotopic (exact) mass is 190 g/mol. The van der Waals surface area contributed by atoms with Gasteiger partial charge in [0.15, 0.2) is 0 Å². The fraction of sp³-hybridized carbons (Fsp3) is 1.00. The average Bonchev–Trinajstić information content (AvgIpc) is 2.16. The first kappa shape index (κ1) is 12.9. The minimum absolute atomic E-state index is 0.0478. The van der Waals surface area contributed by atoms with Gasteiger partial charge in [-0.15, -0.1) is 0 Å². The molecule has 1 atom stereocenters. The van der Waals surface area contributed by atoms with Crippen LogP contribution in [0.2, 0.25) is 0 Å². The molecule has 0 amide bonds. The molecule has 0 aliphatic rings. The summed E-state index contributed by atoms with van der Waals surface area (Å²) in [6, 6.07) is 0. The summed E-state index contributed by atoms with van der Waals surface area (Å²) >= 11 is 0. The van der Waals surface area contributed by atoms with E-state index in [1.165, 1.54) is 25.7 Å². The van der Waals surface area contributed by atoms with Crippen molar-refractivity contribution in [3.05, 3.63) is 0 Å². The van der Waals surface area contributed by atoms with Crippen LogP contribution in [0.25, 0.3) is 0 Å². The van der Waals surface area contributed by atoms with E-state index in [2.05, 4.69) is 16.8 Å². The molecule has 0 radical (unpaired) electrons. The number of hydrogen-bond donors (Lipinski definition) is 1. The van der Waals surface area contributed by atoms with E-state index in [1.54, 1.807) is 0 Å². The quantitative estimate of drug-likeness (QED) is 0.343. The van der Waals surface area contributed by atoms with Gasteiger partial charge in [-0.1, -0.05) is 51.0 Å². The molecule has 0 saturated carbocycles. The van der Waals surface area contributed by atoms with Crippen LogP contribution in [0, 0.1) is 0 Å². The standard InChI is InChI=1S/C10H22O3/c1-3-5-6-7-8-9-10(4-2)12-13-11/h10-11H,3-9H2,1-2H3. The summed E-state index contributed by atoms with van der Waals surface area (Å²) in [7, 11) is 0. The van der Waals surface area contributed by atoms with Crippen LogP contribution in [-0.2, 0) is 9.93 Å². The van der Waals surface area contributed by atoms with Crippen molar-refractivity contribution in [2.45, 2.75) is 64.9 Å². The van der Waals surface area contributed by atoms with Crippen molar-refractivity contribution in [2.75, 3.05) is 0 Å². The molecular weight excluding hydrogens is 168 g/mol. The first-order chi connectivity index (χ1) is 6.35. The molecule has 0 rings (SSSR count). The lowest BCUT2D eigenvalue weighted by Crippen LogP contribution is -2.10. The molecule has 0 aromatic carbocycles. The second kappa shape index (κ2) is 9.96. The minimum Gasteiger partial charge on any atom is -0.221 e. The first-order valence-corrected chi connectivity index (χ1v) is 5.32. The maximum Gasteiger partial charge on any atom is 0.0958 e. The molecule has 0 aliphatic carbocycles. The van der Waals surface area contributed by atoms with Gasteiger partial charge in [-0.25, -0.2) is 10.1 Å². The fourth-order valence-corrected chi connectivity index (χ4v) is 1.36. The zero-order chi connectivity index (χ0) is 9.94. The third-order valence-electron chi connectivity index (χ3n) is 2.26. The molecular formula is C10H22O3. The van der Waals surface area contributed by atoms with Crippen LogP contribution in [0.1, 0.15) is 58.8 Å². The van der Waals surface area contributed by atoms with Crippen LogP contribution in [-0.4, -0.2) is 11.4 Å². The van der Waals surface area contributed by atoms with Gasteiger partial charge in [0, 0.05) is 0 Å². The van der Waals surface area contributed by atoms with E-state index in [-0.39, 0.29) is 6.10 Å². The normalized spacial score (nSPS) is 13.2. The van der Waals surface area contributed by atoms with Crippen LogP contribution in [0.3, 0.4) is 0 Å². The summed E-state index contributed by atoms with van der Waals surface area (Å²) in [6.45, 7) is 4.23. The second-order valence-electron chi connectivity index (χ2n) is 3.40. The molecule has 0 bridgehead atoms. The second-order valence-corrected chi connectivity index (χ2v) is 3.40. The Bertz CT molecular complexity index is 96.2. The van der Waals surface area contributed by atoms with Gasteiger partial charge in [-0.05, 0) is 12.8 Å². The van der Waals surface area contributed by atoms with E-state index in [1.807, 2.05) is 6.92 Å². The Kier molecular flexibility index (Phi) is 9.87. The van der Waals surface area contributed by atoms with E-state index in [4.69, 9.17) is 5.26 Å². The summed E-state index contributed by atoms with van der Waals surface area (Å²) in [6.07, 6.45) is 8.19. The summed E-state index contributed by atoms with van der Waals surface area (Å²) in [5, 5.41) is 11.8. The molecule has 0 spiro atoms. The zero-order valence-electron chi connectivity index (χ0n) is 8.79. The summed E-state index contributed by atoms with van der Waals surface area (Å²) < 4.78 is 0. The van der Waals surface area contributed by atoms with E-state index in [0.29, 0.717) is 0 Å². The fourth-order valence-electron chi connectivity index (χ4n) is 1.36. The Hall–Kier alpha value is -0.120. The highest BCUT2D eigenvalue weighted by Gasteiger charge is 2.06. The van der Waals surface area contributed by atoms with Crippen molar-refractivity contribution in [1.29, 1.82) is 0 Å². The third kappa shape index (κ3) is 8.22. The van der Waals surface area contributed by atoms with Crippen molar-refractivity contribution < 1.29 is 15.2 Å². The highest BCUT2D eigenvalue weighted by molar-refractivity contribution is 4.53. The molecule has 13 heavy (non-hydrogen) atoms. The van der Waals surface area contributed by atoms with Crippen molar-refractivity contribution in [1.82, 2.24) is 0 Å². The smallest absolute Gasteiger partial charge is 0.0958 e. The van der Waals surface area contributed by atoms with Gasteiger partial charge >= 0.3 is 0 Å². The lowest BCUT2D eigenvalue weighted by atomic mass is 10.1. The summed E-state index contributed by atoms with van der Waals surface area (Å²) in [5.74, 6) is 0. The molecule has 1 unspecified atom stereocenters. The van der Waals surface area contributed by atoms with Crippen LogP contribution in [0.4, 0.5) is 0 Å². The van der Waals surface area contributed by atoms with Crippen LogP contribution in [0.15, 0.2) is 0 Å². The highest BCUT2D eigenvalue weighted by atomic mass is 17.5. The number of unbranched alkanes of at least 4 members (excludes halogenated alkanes) is 4. The van der Waals surface area contributed by atoms with E-state index in [0.717, 1.165) is 19.3 Å². The van der Waals surface area contributed by atoms with Crippen molar-refractivity contribution in [2.24, 2.45) is 0 Å². The molecule has 0 aliphatic heterocycles. The van der Waals surface area contributed by atoms with Crippen LogP contribution < -0.4 is 0 Å². The Morgan fingerprint density at radius 2 is 1.77 bits per heavy atom. The summed E-state index contributed by atoms with van der Waals surface area (Å²) in [5.41, 5.74) is 0.